The maximum Gasteiger partial charge on any atom is 0.302 e. The molecule has 3 heteroatoms. The second-order valence-electron chi connectivity index (χ2n) is 8.50. The quantitative estimate of drug-likeness (QED) is 0.721. The molecule has 0 unspecified atom stereocenters. The molecule has 0 radical (unpaired) electrons. The van der Waals surface area contributed by atoms with Gasteiger partial charge in [-0.25, -0.2) is 0 Å². The molecule has 2 rings (SSSR count). The smallest absolute Gasteiger partial charge is 0.302 e. The molecule has 0 bridgehead atoms. The summed E-state index contributed by atoms with van der Waals surface area (Å²) in [4.78, 5) is 13.6. The van der Waals surface area contributed by atoms with Gasteiger partial charge < -0.3 is 4.74 Å². The van der Waals surface area contributed by atoms with Gasteiger partial charge in [-0.05, 0) is 85.1 Å². The van der Waals surface area contributed by atoms with E-state index >= 15 is 0 Å². The van der Waals surface area contributed by atoms with Crippen LogP contribution in [0.25, 0.3) is 0 Å². The maximum atomic E-state index is 11.1. The molecule has 21 heavy (non-hydrogen) atoms. The minimum atomic E-state index is -0.125. The van der Waals surface area contributed by atoms with Crippen LogP contribution >= 0.6 is 0 Å². The third-order valence-electron chi connectivity index (χ3n) is 6.06. The lowest BCUT2D eigenvalue weighted by Crippen LogP contribution is -2.59. The topological polar surface area (TPSA) is 29.5 Å². The van der Waals surface area contributed by atoms with E-state index in [0.717, 1.165) is 24.7 Å². The van der Waals surface area contributed by atoms with Crippen LogP contribution in [-0.4, -0.2) is 35.1 Å². The van der Waals surface area contributed by atoms with E-state index in [1.54, 1.807) is 0 Å². The second-order valence-corrected chi connectivity index (χ2v) is 8.50. The van der Waals surface area contributed by atoms with E-state index in [1.165, 1.54) is 32.6 Å². The first-order valence-corrected chi connectivity index (χ1v) is 8.53. The summed E-state index contributed by atoms with van der Waals surface area (Å²) in [6.45, 7) is 11.0. The highest BCUT2D eigenvalue weighted by Crippen LogP contribution is 2.46. The van der Waals surface area contributed by atoms with E-state index in [1.807, 2.05) is 0 Å². The van der Waals surface area contributed by atoms with Gasteiger partial charge in [-0.15, -0.1) is 0 Å². The number of carbonyl (C=O) groups excluding carboxylic acids is 1. The average Bonchev–Trinajstić information content (AvgIpc) is 2.35. The summed E-state index contributed by atoms with van der Waals surface area (Å²) < 4.78 is 5.38. The molecular weight excluding hydrogens is 262 g/mol. The lowest BCUT2D eigenvalue weighted by Gasteiger charge is -2.55. The number of rotatable bonds is 2. The SMILES string of the molecule is CC(=O)OC1CCC(C2CC(C)(C)N(C)C(C)(C)C2)CC1. The molecule has 0 atom stereocenters. The Morgan fingerprint density at radius 2 is 1.43 bits per heavy atom. The van der Waals surface area contributed by atoms with E-state index in [0.29, 0.717) is 0 Å². The van der Waals surface area contributed by atoms with Crippen LogP contribution in [0.2, 0.25) is 0 Å². The van der Waals surface area contributed by atoms with Gasteiger partial charge in [0.1, 0.15) is 6.10 Å². The Hall–Kier alpha value is -0.570. The third-order valence-corrected chi connectivity index (χ3v) is 6.06. The molecule has 0 aromatic carbocycles. The summed E-state index contributed by atoms with van der Waals surface area (Å²) in [5.41, 5.74) is 0.554. The zero-order valence-corrected chi connectivity index (χ0v) is 14.7. The van der Waals surface area contributed by atoms with Crippen molar-refractivity contribution in [2.45, 2.75) is 90.3 Å². The van der Waals surface area contributed by atoms with Crippen molar-refractivity contribution in [3.63, 3.8) is 0 Å². The Labute approximate surface area is 130 Å². The van der Waals surface area contributed by atoms with Gasteiger partial charge in [0.2, 0.25) is 0 Å². The summed E-state index contributed by atoms with van der Waals surface area (Å²) in [7, 11) is 2.27. The first-order chi connectivity index (χ1) is 9.62. The molecule has 1 saturated heterocycles. The van der Waals surface area contributed by atoms with Crippen molar-refractivity contribution < 1.29 is 9.53 Å². The van der Waals surface area contributed by atoms with Crippen molar-refractivity contribution >= 4 is 5.97 Å². The molecule has 0 aromatic rings. The highest BCUT2D eigenvalue weighted by molar-refractivity contribution is 5.66. The number of hydrogen-bond acceptors (Lipinski definition) is 3. The first kappa shape index (κ1) is 16.8. The maximum absolute atomic E-state index is 11.1. The van der Waals surface area contributed by atoms with E-state index in [-0.39, 0.29) is 23.2 Å². The fourth-order valence-electron chi connectivity index (χ4n) is 4.69. The van der Waals surface area contributed by atoms with Gasteiger partial charge >= 0.3 is 5.97 Å². The van der Waals surface area contributed by atoms with Gasteiger partial charge in [0.05, 0.1) is 0 Å². The van der Waals surface area contributed by atoms with Crippen molar-refractivity contribution in [1.29, 1.82) is 0 Å². The Morgan fingerprint density at radius 3 is 1.86 bits per heavy atom. The van der Waals surface area contributed by atoms with Gasteiger partial charge in [-0.1, -0.05) is 0 Å². The van der Waals surface area contributed by atoms with Crippen LogP contribution in [0.15, 0.2) is 0 Å². The summed E-state index contributed by atoms with van der Waals surface area (Å²) >= 11 is 0. The number of piperidine rings is 1. The fraction of sp³-hybridized carbons (Fsp3) is 0.944. The highest BCUT2D eigenvalue weighted by Gasteiger charge is 2.45. The normalized spacial score (nSPS) is 33.6. The Morgan fingerprint density at radius 1 is 0.952 bits per heavy atom. The van der Waals surface area contributed by atoms with Crippen molar-refractivity contribution in [2.75, 3.05) is 7.05 Å². The molecule has 2 aliphatic rings. The number of ether oxygens (including phenoxy) is 1. The molecule has 0 amide bonds. The summed E-state index contributed by atoms with van der Waals surface area (Å²) in [6.07, 6.45) is 7.29. The lowest BCUT2D eigenvalue weighted by atomic mass is 9.66. The molecule has 1 aliphatic heterocycles. The van der Waals surface area contributed by atoms with Crippen LogP contribution in [0.4, 0.5) is 0 Å². The van der Waals surface area contributed by atoms with E-state index in [4.69, 9.17) is 4.74 Å². The van der Waals surface area contributed by atoms with E-state index < -0.39 is 0 Å². The zero-order valence-electron chi connectivity index (χ0n) is 14.7. The predicted octanol–water partition coefficient (Wildman–Crippen LogP) is 4.01. The third kappa shape index (κ3) is 3.80. The molecule has 1 saturated carbocycles. The minimum Gasteiger partial charge on any atom is -0.463 e. The molecule has 1 heterocycles. The fourth-order valence-corrected chi connectivity index (χ4v) is 4.69. The van der Waals surface area contributed by atoms with Crippen molar-refractivity contribution in [3.8, 4) is 0 Å². The molecule has 3 nitrogen and oxygen atoms in total. The first-order valence-electron chi connectivity index (χ1n) is 8.53. The predicted molar refractivity (Wildman–Crippen MR) is 86.2 cm³/mol. The van der Waals surface area contributed by atoms with Gasteiger partial charge in [-0.3, -0.25) is 9.69 Å². The Bertz CT molecular complexity index is 363. The Balaban J connectivity index is 1.96. The van der Waals surface area contributed by atoms with Gasteiger partial charge in [0.25, 0.3) is 0 Å². The van der Waals surface area contributed by atoms with Crippen molar-refractivity contribution in [2.24, 2.45) is 11.8 Å². The van der Waals surface area contributed by atoms with Gasteiger partial charge in [0, 0.05) is 18.0 Å². The van der Waals surface area contributed by atoms with Crippen LogP contribution in [0.3, 0.4) is 0 Å². The molecule has 0 N–H and O–H groups in total. The number of nitrogens with zero attached hydrogens (tertiary/aromatic N) is 1. The van der Waals surface area contributed by atoms with Gasteiger partial charge in [-0.2, -0.15) is 0 Å². The summed E-state index contributed by atoms with van der Waals surface area (Å²) in [5, 5.41) is 0. The zero-order chi connectivity index (χ0) is 15.8. The molecule has 2 fully saturated rings. The monoisotopic (exact) mass is 295 g/mol. The molecular formula is C18H33NO2. The Kier molecular flexibility index (Phi) is 4.72. The lowest BCUT2D eigenvalue weighted by molar-refractivity contribution is -0.148. The van der Waals surface area contributed by atoms with Crippen LogP contribution in [0.5, 0.6) is 0 Å². The molecule has 122 valence electrons. The largest absolute Gasteiger partial charge is 0.463 e. The summed E-state index contributed by atoms with van der Waals surface area (Å²) in [5.74, 6) is 1.49. The van der Waals surface area contributed by atoms with Crippen molar-refractivity contribution in [3.05, 3.63) is 0 Å². The number of carbonyl (C=O) groups is 1. The molecule has 0 spiro atoms. The van der Waals surface area contributed by atoms with Crippen LogP contribution < -0.4 is 0 Å². The average molecular weight is 295 g/mol. The highest BCUT2D eigenvalue weighted by atomic mass is 16.5. The van der Waals surface area contributed by atoms with E-state index in [2.05, 4.69) is 39.6 Å². The number of likely N-dealkylation sites (tertiary alicyclic amines) is 1. The number of esters is 1. The minimum absolute atomic E-state index is 0.125. The van der Waals surface area contributed by atoms with Crippen LogP contribution in [0, 0.1) is 11.8 Å². The number of hydrogen-bond donors (Lipinski definition) is 0. The molecule has 1 aliphatic carbocycles. The van der Waals surface area contributed by atoms with Gasteiger partial charge in [0.15, 0.2) is 0 Å². The second kappa shape index (κ2) is 5.91. The van der Waals surface area contributed by atoms with Crippen LogP contribution in [0.1, 0.15) is 73.1 Å². The van der Waals surface area contributed by atoms with Crippen LogP contribution in [-0.2, 0) is 9.53 Å². The van der Waals surface area contributed by atoms with Crippen molar-refractivity contribution in [1.82, 2.24) is 4.90 Å². The van der Waals surface area contributed by atoms with E-state index in [9.17, 15) is 4.79 Å². The molecule has 0 aromatic heterocycles. The standard InChI is InChI=1S/C18H33NO2/c1-13(20)21-16-9-7-14(8-10-16)15-11-17(2,3)19(6)18(4,5)12-15/h14-16H,7-12H2,1-6H3. The summed E-state index contributed by atoms with van der Waals surface area (Å²) in [6, 6.07) is 0.